The van der Waals surface area contributed by atoms with Gasteiger partial charge in [0.05, 0.1) is 10.3 Å². The molecule has 27 heavy (non-hydrogen) atoms. The number of rotatable bonds is 4. The molecule has 0 bridgehead atoms. The van der Waals surface area contributed by atoms with E-state index in [9.17, 15) is 25.9 Å². The van der Waals surface area contributed by atoms with Crippen LogP contribution >= 0.6 is 0 Å². The lowest BCUT2D eigenvalue weighted by molar-refractivity contribution is -0.438. The van der Waals surface area contributed by atoms with Crippen molar-refractivity contribution < 1.29 is 30.5 Å². The first-order valence-corrected chi connectivity index (χ1v) is 11.4. The molecule has 0 aromatic heterocycles. The van der Waals surface area contributed by atoms with Gasteiger partial charge in [0.15, 0.2) is 5.71 Å². The highest BCUT2D eigenvalue weighted by Gasteiger charge is 2.44. The summed E-state index contributed by atoms with van der Waals surface area (Å²) >= 11 is 0. The average Bonchev–Trinajstić information content (AvgIpc) is 2.73. The van der Waals surface area contributed by atoms with E-state index in [-0.39, 0.29) is 5.39 Å². The van der Waals surface area contributed by atoms with Crippen molar-refractivity contribution >= 4 is 42.4 Å². The zero-order valence-corrected chi connectivity index (χ0v) is 17.1. The molecule has 0 spiro atoms. The Balaban J connectivity index is 2.54. The van der Waals surface area contributed by atoms with E-state index >= 15 is 0 Å². The second kappa shape index (κ2) is 6.10. The molecular weight excluding hydrogens is 390 g/mol. The van der Waals surface area contributed by atoms with Gasteiger partial charge in [0, 0.05) is 30.4 Å². The largest absolute Gasteiger partial charge is 0.295 e. The van der Waals surface area contributed by atoms with Crippen molar-refractivity contribution in [3.63, 3.8) is 0 Å². The van der Waals surface area contributed by atoms with Gasteiger partial charge in [-0.05, 0) is 37.4 Å². The maximum Gasteiger partial charge on any atom is 0.295 e. The van der Waals surface area contributed by atoms with Crippen molar-refractivity contribution in [2.24, 2.45) is 0 Å². The summed E-state index contributed by atoms with van der Waals surface area (Å²) in [7, 11) is -9.37. The fourth-order valence-electron chi connectivity index (χ4n) is 3.82. The Bertz CT molecular complexity index is 1210. The van der Waals surface area contributed by atoms with E-state index in [1.807, 2.05) is 27.7 Å². The molecule has 0 radical (unpaired) electrons. The van der Waals surface area contributed by atoms with Crippen LogP contribution in [0.3, 0.4) is 0 Å². The molecule has 0 aliphatic carbocycles. The predicted octanol–water partition coefficient (Wildman–Crippen LogP) is 3.14. The van der Waals surface area contributed by atoms with Crippen molar-refractivity contribution in [3.05, 3.63) is 29.8 Å². The molecule has 146 valence electrons. The minimum atomic E-state index is -4.70. The Morgan fingerprint density at radius 1 is 1.00 bits per heavy atom. The summed E-state index contributed by atoms with van der Waals surface area (Å²) in [6.07, 6.45) is 0.895. The molecule has 0 fully saturated rings. The fourth-order valence-corrected chi connectivity index (χ4v) is 5.16. The second-order valence-electron chi connectivity index (χ2n) is 7.29. The monoisotopic (exact) mass is 412 g/mol. The quantitative estimate of drug-likeness (QED) is 0.589. The Hall–Kier alpha value is -1.81. The molecule has 2 N–H and O–H groups in total. The van der Waals surface area contributed by atoms with Crippen molar-refractivity contribution in [2.75, 3.05) is 6.54 Å². The van der Waals surface area contributed by atoms with E-state index in [4.69, 9.17) is 0 Å². The van der Waals surface area contributed by atoms with Gasteiger partial charge in [-0.1, -0.05) is 6.92 Å². The lowest BCUT2D eigenvalue weighted by Crippen LogP contribution is -2.26. The summed E-state index contributed by atoms with van der Waals surface area (Å²) in [6.45, 7) is 8.74. The molecule has 0 atom stereocenters. The van der Waals surface area contributed by atoms with Crippen LogP contribution in [-0.4, -0.2) is 42.8 Å². The number of fused-ring (bicyclic) bond motifs is 3. The van der Waals surface area contributed by atoms with Crippen LogP contribution < -0.4 is 0 Å². The zero-order chi connectivity index (χ0) is 20.4. The Kier molecular flexibility index (Phi) is 4.50. The minimum Gasteiger partial charge on any atom is -0.282 e. The first-order valence-electron chi connectivity index (χ1n) is 8.48. The van der Waals surface area contributed by atoms with Gasteiger partial charge in [-0.3, -0.25) is 9.11 Å². The molecule has 1 heterocycles. The summed E-state index contributed by atoms with van der Waals surface area (Å²) in [5, 5.41) is 0.584. The topological polar surface area (TPSA) is 112 Å². The first-order chi connectivity index (χ1) is 12.3. The molecule has 1 aliphatic heterocycles. The SMILES string of the molecule is CCC[N+]1=C(C)C(C)(C)c2c1ccc1c(S(=O)(=O)O)cc(S(=O)(=O)O)cc21. The van der Waals surface area contributed by atoms with E-state index in [0.717, 1.165) is 36.0 Å². The summed E-state index contributed by atoms with van der Waals surface area (Å²) < 4.78 is 68.4. The lowest BCUT2D eigenvalue weighted by atomic mass is 9.80. The number of hydrogen-bond donors (Lipinski definition) is 2. The molecule has 1 aliphatic rings. The number of benzene rings is 2. The van der Waals surface area contributed by atoms with Crippen molar-refractivity contribution in [1.82, 2.24) is 0 Å². The molecule has 2 aromatic rings. The molecule has 3 rings (SSSR count). The normalized spacial score (nSPS) is 16.8. The lowest BCUT2D eigenvalue weighted by Gasteiger charge is -2.18. The van der Waals surface area contributed by atoms with Gasteiger partial charge in [0.25, 0.3) is 20.2 Å². The summed E-state index contributed by atoms with van der Waals surface area (Å²) in [4.78, 5) is -1.11. The number of nitrogens with zero attached hydrogens (tertiary/aromatic N) is 1. The maximum absolute atomic E-state index is 11.9. The summed E-state index contributed by atoms with van der Waals surface area (Å²) in [6, 6.07) is 5.39. The molecule has 0 amide bonds. The van der Waals surface area contributed by atoms with Crippen LogP contribution in [-0.2, 0) is 25.7 Å². The van der Waals surface area contributed by atoms with Crippen LogP contribution in [0.25, 0.3) is 10.8 Å². The number of hydrogen-bond acceptors (Lipinski definition) is 4. The van der Waals surface area contributed by atoms with Gasteiger partial charge < -0.3 is 0 Å². The molecule has 0 unspecified atom stereocenters. The van der Waals surface area contributed by atoms with Crippen molar-refractivity contribution in [3.8, 4) is 0 Å². The molecule has 7 nitrogen and oxygen atoms in total. The Labute approximate surface area is 158 Å². The molecular formula is C18H22NO6S2+. The van der Waals surface area contributed by atoms with Gasteiger partial charge in [-0.2, -0.15) is 21.4 Å². The first kappa shape index (κ1) is 19.9. The van der Waals surface area contributed by atoms with E-state index in [0.29, 0.717) is 5.39 Å². The standard InChI is InChI=1S/C18H21NO6S2/c1-5-8-19-11(2)18(3,4)17-14-9-12(26(20,21)22)10-16(27(23,24)25)13(14)6-7-15(17)19/h6-7,9-10H,5,8H2,1-4H3,(H-,20,21,22,23,24,25)/p+1. The fraction of sp³-hybridized carbons (Fsp3) is 0.389. The van der Waals surface area contributed by atoms with Crippen molar-refractivity contribution in [1.29, 1.82) is 0 Å². The maximum atomic E-state index is 11.9. The highest BCUT2D eigenvalue weighted by atomic mass is 32.2. The Morgan fingerprint density at radius 3 is 2.15 bits per heavy atom. The highest BCUT2D eigenvalue weighted by Crippen LogP contribution is 2.45. The van der Waals surface area contributed by atoms with Crippen LogP contribution in [0.5, 0.6) is 0 Å². The summed E-state index contributed by atoms with van der Waals surface area (Å²) in [5.74, 6) is 0. The predicted molar refractivity (Wildman–Crippen MR) is 102 cm³/mol. The van der Waals surface area contributed by atoms with Crippen LogP contribution in [0.1, 0.15) is 39.7 Å². The minimum absolute atomic E-state index is 0.211. The third kappa shape index (κ3) is 3.08. The molecule has 0 saturated heterocycles. The van der Waals surface area contributed by atoms with Crippen LogP contribution in [0.15, 0.2) is 34.1 Å². The van der Waals surface area contributed by atoms with Crippen LogP contribution in [0, 0.1) is 0 Å². The highest BCUT2D eigenvalue weighted by molar-refractivity contribution is 7.86. The average molecular weight is 413 g/mol. The molecule has 0 saturated carbocycles. The van der Waals surface area contributed by atoms with Gasteiger partial charge >= 0.3 is 0 Å². The molecule has 2 aromatic carbocycles. The summed E-state index contributed by atoms with van der Waals surface area (Å²) in [5.41, 5.74) is 2.19. The Morgan fingerprint density at radius 2 is 1.63 bits per heavy atom. The van der Waals surface area contributed by atoms with Crippen molar-refractivity contribution in [2.45, 2.75) is 49.3 Å². The van der Waals surface area contributed by atoms with E-state index in [1.54, 1.807) is 12.1 Å². The van der Waals surface area contributed by atoms with Gasteiger partial charge in [-0.15, -0.1) is 0 Å². The van der Waals surface area contributed by atoms with Crippen LogP contribution in [0.4, 0.5) is 5.69 Å². The van der Waals surface area contributed by atoms with E-state index < -0.39 is 35.4 Å². The zero-order valence-electron chi connectivity index (χ0n) is 15.5. The van der Waals surface area contributed by atoms with E-state index in [2.05, 4.69) is 4.58 Å². The van der Waals surface area contributed by atoms with Gasteiger partial charge in [0.1, 0.15) is 11.4 Å². The van der Waals surface area contributed by atoms with Gasteiger partial charge in [-0.25, -0.2) is 0 Å². The molecule has 9 heteroatoms. The van der Waals surface area contributed by atoms with Crippen LogP contribution in [0.2, 0.25) is 0 Å². The third-order valence-electron chi connectivity index (χ3n) is 5.30. The second-order valence-corrected chi connectivity index (χ2v) is 10.1. The third-order valence-corrected chi connectivity index (χ3v) is 7.02. The van der Waals surface area contributed by atoms with Gasteiger partial charge in [0.2, 0.25) is 5.69 Å². The van der Waals surface area contributed by atoms with E-state index in [1.165, 1.54) is 6.07 Å². The smallest absolute Gasteiger partial charge is 0.282 e.